The molecule has 0 aliphatic heterocycles. The summed E-state index contributed by atoms with van der Waals surface area (Å²) in [6, 6.07) is 0. The molecule has 0 saturated heterocycles. The number of hydrogen-bond acceptors (Lipinski definition) is 2. The molecule has 48 valence electrons. The van der Waals surface area contributed by atoms with Crippen LogP contribution < -0.4 is 0 Å². The lowest BCUT2D eigenvalue weighted by molar-refractivity contribution is 0.227. The fraction of sp³-hybridized carbons (Fsp3) is 0.667. The van der Waals surface area contributed by atoms with Crippen molar-refractivity contribution in [2.45, 2.75) is 20.0 Å². The maximum absolute atomic E-state index is 8.70. The van der Waals surface area contributed by atoms with Crippen LogP contribution in [0.3, 0.4) is 0 Å². The van der Waals surface area contributed by atoms with Crippen LogP contribution in [0, 0.1) is 0 Å². The van der Waals surface area contributed by atoms with Gasteiger partial charge in [0.2, 0.25) is 0 Å². The molecule has 0 aliphatic carbocycles. The van der Waals surface area contributed by atoms with E-state index in [4.69, 9.17) is 9.84 Å². The van der Waals surface area contributed by atoms with E-state index in [0.717, 1.165) is 5.76 Å². The van der Waals surface area contributed by atoms with Crippen LogP contribution >= 0.6 is 0 Å². The monoisotopic (exact) mass is 116 g/mol. The van der Waals surface area contributed by atoms with E-state index in [2.05, 4.69) is 0 Å². The molecule has 0 fully saturated rings. The number of hydrogen-bond donors (Lipinski definition) is 1. The summed E-state index contributed by atoms with van der Waals surface area (Å²) in [5.41, 5.74) is 0. The van der Waals surface area contributed by atoms with Crippen molar-refractivity contribution in [2.75, 3.05) is 7.11 Å². The zero-order valence-corrected chi connectivity index (χ0v) is 5.51. The van der Waals surface area contributed by atoms with E-state index in [0.29, 0.717) is 0 Å². The number of ether oxygens (including phenoxy) is 1. The maximum Gasteiger partial charge on any atom is 0.0910 e. The maximum atomic E-state index is 8.70. The van der Waals surface area contributed by atoms with Crippen molar-refractivity contribution < 1.29 is 9.84 Å². The largest absolute Gasteiger partial charge is 0.502 e. The van der Waals surface area contributed by atoms with Crippen LogP contribution in [0.1, 0.15) is 13.8 Å². The summed E-state index contributed by atoms with van der Waals surface area (Å²) in [6.45, 7) is 3.48. The van der Waals surface area contributed by atoms with Gasteiger partial charge in [-0.15, -0.1) is 0 Å². The molecule has 1 atom stereocenters. The van der Waals surface area contributed by atoms with Crippen molar-refractivity contribution in [2.24, 2.45) is 0 Å². The number of aliphatic hydroxyl groups is 1. The van der Waals surface area contributed by atoms with Crippen LogP contribution in [0.4, 0.5) is 0 Å². The molecule has 0 spiro atoms. The molecule has 0 aliphatic rings. The number of allylic oxidation sites excluding steroid dienone is 1. The third-order valence-corrected chi connectivity index (χ3v) is 0.798. The lowest BCUT2D eigenvalue weighted by atomic mass is 10.3. The zero-order valence-electron chi connectivity index (χ0n) is 5.51. The standard InChI is InChI=1S/C6H12O2/c1-5(7)4-6(2)8-3/h4-5,7H,1-3H3. The minimum Gasteiger partial charge on any atom is -0.502 e. The van der Waals surface area contributed by atoms with E-state index in [-0.39, 0.29) is 0 Å². The van der Waals surface area contributed by atoms with Crippen molar-refractivity contribution in [1.29, 1.82) is 0 Å². The van der Waals surface area contributed by atoms with Crippen LogP contribution in [0.2, 0.25) is 0 Å². The van der Waals surface area contributed by atoms with Gasteiger partial charge < -0.3 is 9.84 Å². The van der Waals surface area contributed by atoms with E-state index in [1.807, 2.05) is 0 Å². The quantitative estimate of drug-likeness (QED) is 0.543. The average molecular weight is 116 g/mol. The Morgan fingerprint density at radius 2 is 2.25 bits per heavy atom. The van der Waals surface area contributed by atoms with Gasteiger partial charge in [0.15, 0.2) is 0 Å². The molecule has 0 aromatic carbocycles. The van der Waals surface area contributed by atoms with Crippen molar-refractivity contribution in [3.8, 4) is 0 Å². The summed E-state index contributed by atoms with van der Waals surface area (Å²) >= 11 is 0. The molecule has 0 aromatic rings. The normalized spacial score (nSPS) is 15.8. The highest BCUT2D eigenvalue weighted by atomic mass is 16.5. The van der Waals surface area contributed by atoms with Crippen molar-refractivity contribution in [3.05, 3.63) is 11.8 Å². The third kappa shape index (κ3) is 3.68. The molecule has 0 rings (SSSR count). The molecule has 2 heteroatoms. The van der Waals surface area contributed by atoms with Gasteiger partial charge in [-0.25, -0.2) is 0 Å². The second-order valence-electron chi connectivity index (χ2n) is 1.72. The van der Waals surface area contributed by atoms with E-state index in [1.54, 1.807) is 27.0 Å². The second kappa shape index (κ2) is 3.50. The molecular weight excluding hydrogens is 104 g/mol. The van der Waals surface area contributed by atoms with Crippen molar-refractivity contribution in [1.82, 2.24) is 0 Å². The Labute approximate surface area is 49.8 Å². The minimum absolute atomic E-state index is 0.407. The summed E-state index contributed by atoms with van der Waals surface area (Å²) in [6.07, 6.45) is 1.23. The lowest BCUT2D eigenvalue weighted by Gasteiger charge is -1.98. The molecule has 0 amide bonds. The van der Waals surface area contributed by atoms with Crippen LogP contribution in [0.25, 0.3) is 0 Å². The first-order valence-electron chi connectivity index (χ1n) is 2.57. The Hall–Kier alpha value is -0.500. The Morgan fingerprint density at radius 1 is 1.75 bits per heavy atom. The highest BCUT2D eigenvalue weighted by Gasteiger charge is 1.88. The summed E-state index contributed by atoms with van der Waals surface area (Å²) in [5.74, 6) is 0.750. The molecule has 0 saturated carbocycles. The summed E-state index contributed by atoms with van der Waals surface area (Å²) in [7, 11) is 1.58. The predicted molar refractivity (Wildman–Crippen MR) is 32.4 cm³/mol. The van der Waals surface area contributed by atoms with E-state index in [1.165, 1.54) is 0 Å². The first-order valence-corrected chi connectivity index (χ1v) is 2.57. The minimum atomic E-state index is -0.407. The molecular formula is C6H12O2. The molecule has 0 bridgehead atoms. The van der Waals surface area contributed by atoms with Gasteiger partial charge in [-0.3, -0.25) is 0 Å². The summed E-state index contributed by atoms with van der Waals surface area (Å²) in [4.78, 5) is 0. The van der Waals surface area contributed by atoms with Gasteiger partial charge in [0.05, 0.1) is 19.0 Å². The Bertz CT molecular complexity index is 84.5. The van der Waals surface area contributed by atoms with Gasteiger partial charge in [-0.05, 0) is 19.9 Å². The van der Waals surface area contributed by atoms with Crippen molar-refractivity contribution in [3.63, 3.8) is 0 Å². The predicted octanol–water partition coefficient (Wildman–Crippen LogP) is 0.917. The Morgan fingerprint density at radius 3 is 2.38 bits per heavy atom. The summed E-state index contributed by atoms with van der Waals surface area (Å²) in [5, 5.41) is 8.70. The van der Waals surface area contributed by atoms with E-state index in [9.17, 15) is 0 Å². The van der Waals surface area contributed by atoms with E-state index < -0.39 is 6.10 Å². The highest BCUT2D eigenvalue weighted by molar-refractivity contribution is 4.91. The average Bonchev–Trinajstić information content (AvgIpc) is 1.65. The molecule has 0 heterocycles. The van der Waals surface area contributed by atoms with Crippen LogP contribution in [-0.2, 0) is 4.74 Å². The number of methoxy groups -OCH3 is 1. The Kier molecular flexibility index (Phi) is 3.28. The van der Waals surface area contributed by atoms with Gasteiger partial charge in [-0.2, -0.15) is 0 Å². The lowest BCUT2D eigenvalue weighted by Crippen LogP contribution is -1.95. The number of aliphatic hydroxyl groups excluding tert-OH is 1. The molecule has 1 N–H and O–H groups in total. The summed E-state index contributed by atoms with van der Waals surface area (Å²) < 4.78 is 4.76. The van der Waals surface area contributed by atoms with Crippen molar-refractivity contribution >= 4 is 0 Å². The van der Waals surface area contributed by atoms with Gasteiger partial charge in [0.1, 0.15) is 0 Å². The molecule has 0 aromatic heterocycles. The molecule has 8 heavy (non-hydrogen) atoms. The zero-order chi connectivity index (χ0) is 6.57. The molecule has 2 nitrogen and oxygen atoms in total. The van der Waals surface area contributed by atoms with Gasteiger partial charge in [0.25, 0.3) is 0 Å². The smallest absolute Gasteiger partial charge is 0.0910 e. The Balaban J connectivity index is 3.56. The van der Waals surface area contributed by atoms with Gasteiger partial charge in [0, 0.05) is 0 Å². The fourth-order valence-corrected chi connectivity index (χ4v) is 0.408. The van der Waals surface area contributed by atoms with Crippen LogP contribution in [0.15, 0.2) is 11.8 Å². The van der Waals surface area contributed by atoms with Crippen LogP contribution in [-0.4, -0.2) is 18.3 Å². The van der Waals surface area contributed by atoms with Crippen LogP contribution in [0.5, 0.6) is 0 Å². The second-order valence-corrected chi connectivity index (χ2v) is 1.72. The highest BCUT2D eigenvalue weighted by Crippen LogP contribution is 1.93. The topological polar surface area (TPSA) is 29.5 Å². The van der Waals surface area contributed by atoms with Gasteiger partial charge in [-0.1, -0.05) is 0 Å². The SMILES string of the molecule is COC(C)=CC(C)O. The van der Waals surface area contributed by atoms with Gasteiger partial charge >= 0.3 is 0 Å². The number of rotatable bonds is 2. The van der Waals surface area contributed by atoms with E-state index >= 15 is 0 Å². The third-order valence-electron chi connectivity index (χ3n) is 0.798. The fourth-order valence-electron chi connectivity index (χ4n) is 0.408. The first-order chi connectivity index (χ1) is 3.66. The molecule has 1 unspecified atom stereocenters. The molecule has 0 radical (unpaired) electrons. The first kappa shape index (κ1) is 7.50.